The highest BCUT2D eigenvalue weighted by atomic mass is 16.3. The summed E-state index contributed by atoms with van der Waals surface area (Å²) in [6.07, 6.45) is 6.69. The molecule has 0 fully saturated rings. The minimum atomic E-state index is 0.437. The van der Waals surface area contributed by atoms with Crippen LogP contribution in [0.25, 0.3) is 22.8 Å². The van der Waals surface area contributed by atoms with Gasteiger partial charge in [0.1, 0.15) is 5.52 Å². The standard InChI is InChI=1S/C27H34N6O/c1-4-7-13-19(6-3)18-28-26-31-24(32-27(33-26)29-21-15-9-8-10-16-21)25-30-23-20(12-5-2)14-11-17-22(23)34-25/h8-11,14-17,19H,4-7,12-13,18H2,1-3H3,(H2,28,29,31,32,33). The van der Waals surface area contributed by atoms with Gasteiger partial charge in [0.2, 0.25) is 11.2 Å². The van der Waals surface area contributed by atoms with E-state index in [0.717, 1.165) is 42.6 Å². The first kappa shape index (κ1) is 23.7. The monoisotopic (exact) mass is 458 g/mol. The highest BCUT2D eigenvalue weighted by Gasteiger charge is 2.13. The van der Waals surface area contributed by atoms with E-state index in [2.05, 4.69) is 36.8 Å². The Balaban J connectivity index is 1.79. The number of oxazole rings is 1. The average molecular weight is 459 g/mol. The van der Waals surface area contributed by atoms with Crippen LogP contribution in [0.1, 0.15) is 58.4 Å². The summed E-state index contributed by atoms with van der Waals surface area (Å²) in [4.78, 5) is 25.5. The summed E-state index contributed by atoms with van der Waals surface area (Å²) in [6, 6.07) is 15.9. The van der Waals surface area contributed by atoms with Crippen LogP contribution in [0.15, 0.2) is 62.9 Å². The van der Waals surface area contributed by atoms with Gasteiger partial charge in [0.25, 0.3) is 5.89 Å². The van der Waals surface area contributed by atoms with E-state index >= 15 is 0 Å². The van der Waals surface area contributed by atoms with Gasteiger partial charge in [-0.15, -0.1) is 0 Å². The number of H-pyrrole nitrogens is 2. The molecule has 7 heteroatoms. The first-order chi connectivity index (χ1) is 16.7. The average Bonchev–Trinajstić information content (AvgIpc) is 3.30. The summed E-state index contributed by atoms with van der Waals surface area (Å²) in [7, 11) is 0. The Bertz CT molecular complexity index is 1330. The number of nitrogens with one attached hydrogen (secondary N) is 2. The van der Waals surface area contributed by atoms with Crippen LogP contribution in [-0.4, -0.2) is 26.5 Å². The van der Waals surface area contributed by atoms with Crippen molar-refractivity contribution in [1.82, 2.24) is 19.9 Å². The molecule has 0 radical (unpaired) electrons. The summed E-state index contributed by atoms with van der Waals surface area (Å²) in [5.74, 6) is 1.48. The Hall–Kier alpha value is -3.48. The quantitative estimate of drug-likeness (QED) is 0.312. The molecule has 0 saturated carbocycles. The predicted octanol–water partition coefficient (Wildman–Crippen LogP) is 5.85. The van der Waals surface area contributed by atoms with Crippen LogP contribution in [0, 0.1) is 5.92 Å². The van der Waals surface area contributed by atoms with Gasteiger partial charge in [0.15, 0.2) is 11.4 Å². The van der Waals surface area contributed by atoms with E-state index < -0.39 is 0 Å². The van der Waals surface area contributed by atoms with Gasteiger partial charge < -0.3 is 9.40 Å². The number of hydrogen-bond donors (Lipinski definition) is 2. The van der Waals surface area contributed by atoms with Gasteiger partial charge in [-0.05, 0) is 42.5 Å². The molecule has 0 bridgehead atoms. The Morgan fingerprint density at radius 2 is 1.79 bits per heavy atom. The number of benzene rings is 2. The van der Waals surface area contributed by atoms with Crippen molar-refractivity contribution in [2.24, 2.45) is 15.9 Å². The largest absolute Gasteiger partial charge is 0.434 e. The molecule has 1 atom stereocenters. The molecule has 34 heavy (non-hydrogen) atoms. The van der Waals surface area contributed by atoms with Gasteiger partial charge >= 0.3 is 0 Å². The predicted molar refractivity (Wildman–Crippen MR) is 135 cm³/mol. The molecule has 0 aliphatic carbocycles. The van der Waals surface area contributed by atoms with E-state index in [0.29, 0.717) is 28.9 Å². The molecule has 7 nitrogen and oxygen atoms in total. The number of hydrogen-bond acceptors (Lipinski definition) is 5. The van der Waals surface area contributed by atoms with Crippen LogP contribution in [0.5, 0.6) is 0 Å². The van der Waals surface area contributed by atoms with Crippen molar-refractivity contribution in [3.05, 3.63) is 65.3 Å². The fourth-order valence-corrected chi connectivity index (χ4v) is 3.99. The highest BCUT2D eigenvalue weighted by molar-refractivity contribution is 5.78. The highest BCUT2D eigenvalue weighted by Crippen LogP contribution is 2.24. The Kier molecular flexibility index (Phi) is 8.07. The van der Waals surface area contributed by atoms with Gasteiger partial charge in [0, 0.05) is 6.54 Å². The summed E-state index contributed by atoms with van der Waals surface area (Å²) in [6.45, 7) is 7.33. The summed E-state index contributed by atoms with van der Waals surface area (Å²) in [5, 5.41) is 0. The SMILES string of the molecule is CCCCC(CC)CN=c1nc(-c2nc3c(CCC)cccc3o2)[nH]c(=Nc2ccccc2)[nH]1. The lowest BCUT2D eigenvalue weighted by Crippen LogP contribution is -2.28. The number of para-hydroxylation sites is 2. The number of nitrogens with zero attached hydrogens (tertiary/aromatic N) is 4. The topological polar surface area (TPSA) is 95.2 Å². The van der Waals surface area contributed by atoms with Crippen molar-refractivity contribution in [2.75, 3.05) is 6.54 Å². The van der Waals surface area contributed by atoms with Crippen LogP contribution in [0.2, 0.25) is 0 Å². The molecule has 2 N–H and O–H groups in total. The van der Waals surface area contributed by atoms with Crippen molar-refractivity contribution in [2.45, 2.75) is 59.3 Å². The number of aromatic nitrogens is 4. The van der Waals surface area contributed by atoms with Gasteiger partial charge in [0.05, 0.1) is 5.69 Å². The van der Waals surface area contributed by atoms with Gasteiger partial charge in [-0.25, -0.2) is 9.98 Å². The second-order valence-electron chi connectivity index (χ2n) is 8.62. The molecule has 0 aliphatic rings. The molecular weight excluding hydrogens is 424 g/mol. The molecule has 0 aliphatic heterocycles. The van der Waals surface area contributed by atoms with Crippen molar-refractivity contribution >= 4 is 16.8 Å². The maximum Gasteiger partial charge on any atom is 0.264 e. The minimum absolute atomic E-state index is 0.437. The molecule has 4 aromatic rings. The van der Waals surface area contributed by atoms with Crippen LogP contribution in [0.4, 0.5) is 5.69 Å². The summed E-state index contributed by atoms with van der Waals surface area (Å²) in [5.41, 5.74) is 4.72. The van der Waals surface area contributed by atoms with E-state index in [1.54, 1.807) is 0 Å². The lowest BCUT2D eigenvalue weighted by atomic mass is 10.00. The van der Waals surface area contributed by atoms with Crippen molar-refractivity contribution in [3.8, 4) is 11.7 Å². The fourth-order valence-electron chi connectivity index (χ4n) is 3.99. The number of fused-ring (bicyclic) bond motifs is 1. The Labute approximate surface area is 200 Å². The van der Waals surface area contributed by atoms with Crippen molar-refractivity contribution < 1.29 is 4.42 Å². The molecule has 178 valence electrons. The lowest BCUT2D eigenvalue weighted by molar-refractivity contribution is 0.457. The van der Waals surface area contributed by atoms with Crippen LogP contribution in [-0.2, 0) is 6.42 Å². The molecule has 0 saturated heterocycles. The minimum Gasteiger partial charge on any atom is -0.434 e. The van der Waals surface area contributed by atoms with Crippen LogP contribution in [0.3, 0.4) is 0 Å². The van der Waals surface area contributed by atoms with E-state index in [1.165, 1.54) is 24.8 Å². The van der Waals surface area contributed by atoms with Crippen molar-refractivity contribution in [3.63, 3.8) is 0 Å². The van der Waals surface area contributed by atoms with E-state index in [4.69, 9.17) is 24.4 Å². The third-order valence-corrected chi connectivity index (χ3v) is 5.95. The van der Waals surface area contributed by atoms with E-state index in [9.17, 15) is 0 Å². The van der Waals surface area contributed by atoms with Gasteiger partial charge in [-0.3, -0.25) is 9.98 Å². The molecule has 2 aromatic carbocycles. The molecule has 1 unspecified atom stereocenters. The second kappa shape index (κ2) is 11.6. The molecule has 4 rings (SSSR count). The number of rotatable bonds is 10. The zero-order chi connectivity index (χ0) is 23.8. The zero-order valence-corrected chi connectivity index (χ0v) is 20.3. The number of aromatic amines is 2. The Morgan fingerprint density at radius 1 is 0.941 bits per heavy atom. The number of aryl methyl sites for hydroxylation is 1. The summed E-state index contributed by atoms with van der Waals surface area (Å²) >= 11 is 0. The normalized spacial score (nSPS) is 13.6. The third-order valence-electron chi connectivity index (χ3n) is 5.95. The first-order valence-corrected chi connectivity index (χ1v) is 12.4. The molecule has 0 amide bonds. The van der Waals surface area contributed by atoms with Gasteiger partial charge in [-0.2, -0.15) is 4.98 Å². The maximum atomic E-state index is 6.10. The van der Waals surface area contributed by atoms with Gasteiger partial charge in [-0.1, -0.05) is 76.8 Å². The first-order valence-electron chi connectivity index (χ1n) is 12.4. The smallest absolute Gasteiger partial charge is 0.264 e. The van der Waals surface area contributed by atoms with Crippen LogP contribution >= 0.6 is 0 Å². The van der Waals surface area contributed by atoms with Crippen LogP contribution < -0.4 is 11.2 Å². The Morgan fingerprint density at radius 3 is 2.56 bits per heavy atom. The van der Waals surface area contributed by atoms with E-state index in [1.807, 2.05) is 42.5 Å². The fraction of sp³-hybridized carbons (Fsp3) is 0.407. The lowest BCUT2D eigenvalue weighted by Gasteiger charge is -2.10. The zero-order valence-electron chi connectivity index (χ0n) is 20.3. The molecule has 2 aromatic heterocycles. The summed E-state index contributed by atoms with van der Waals surface area (Å²) < 4.78 is 6.10. The maximum absolute atomic E-state index is 6.10. The number of unbranched alkanes of at least 4 members (excludes halogenated alkanes) is 1. The molecular formula is C27H34N6O. The third kappa shape index (κ3) is 5.90. The van der Waals surface area contributed by atoms with Crippen molar-refractivity contribution in [1.29, 1.82) is 0 Å². The molecule has 2 heterocycles. The van der Waals surface area contributed by atoms with E-state index in [-0.39, 0.29) is 0 Å². The molecule has 0 spiro atoms. The second-order valence-corrected chi connectivity index (χ2v) is 8.62.